The van der Waals surface area contributed by atoms with Crippen molar-refractivity contribution >= 4 is 0 Å². The van der Waals surface area contributed by atoms with Gasteiger partial charge in [-0.2, -0.15) is 4.57 Å². The summed E-state index contributed by atoms with van der Waals surface area (Å²) in [5.74, 6) is 0. The Balaban J connectivity index is 2.59. The molecule has 94 valence electrons. The Labute approximate surface area is 110 Å². The molecule has 1 aromatic carbocycles. The van der Waals surface area contributed by atoms with Crippen LogP contribution in [0.1, 0.15) is 29.3 Å². The van der Waals surface area contributed by atoms with E-state index in [-0.39, 0.29) is 0 Å². The van der Waals surface area contributed by atoms with Crippen molar-refractivity contribution in [2.75, 3.05) is 0 Å². The van der Waals surface area contributed by atoms with Crippen LogP contribution < -0.4 is 4.57 Å². The fourth-order valence-electron chi connectivity index (χ4n) is 2.39. The van der Waals surface area contributed by atoms with Crippen molar-refractivity contribution in [3.8, 4) is 11.3 Å². The zero-order valence-corrected chi connectivity index (χ0v) is 12.0. The lowest BCUT2D eigenvalue weighted by molar-refractivity contribution is -0.667. The van der Waals surface area contributed by atoms with Crippen molar-refractivity contribution < 1.29 is 4.57 Å². The molecule has 0 fully saturated rings. The summed E-state index contributed by atoms with van der Waals surface area (Å²) in [7, 11) is 2.14. The van der Waals surface area contributed by atoms with Gasteiger partial charge in [0.15, 0.2) is 5.69 Å². The maximum Gasteiger partial charge on any atom is 0.212 e. The van der Waals surface area contributed by atoms with Gasteiger partial charge in [-0.15, -0.1) is 0 Å². The molecule has 2 aromatic rings. The molecule has 0 aliphatic rings. The second-order valence-corrected chi connectivity index (χ2v) is 5.05. The lowest BCUT2D eigenvalue weighted by Crippen LogP contribution is -2.35. The number of nitrogens with zero attached hydrogens (tertiary/aromatic N) is 1. The molecule has 0 radical (unpaired) electrons. The normalized spacial score (nSPS) is 10.7. The van der Waals surface area contributed by atoms with Crippen LogP contribution in [0.5, 0.6) is 0 Å². The summed E-state index contributed by atoms with van der Waals surface area (Å²) in [5.41, 5.74) is 8.04. The largest absolute Gasteiger partial charge is 0.212 e. The van der Waals surface area contributed by atoms with E-state index in [1.165, 1.54) is 33.6 Å². The van der Waals surface area contributed by atoms with Crippen LogP contribution in [0.4, 0.5) is 0 Å². The van der Waals surface area contributed by atoms with Crippen molar-refractivity contribution in [2.24, 2.45) is 7.05 Å². The van der Waals surface area contributed by atoms with Crippen molar-refractivity contribution in [1.82, 2.24) is 0 Å². The molecule has 1 heterocycles. The monoisotopic (exact) mass is 240 g/mol. The third kappa shape index (κ3) is 2.17. The molecule has 1 heteroatoms. The topological polar surface area (TPSA) is 3.88 Å². The molecule has 0 aliphatic carbocycles. The highest BCUT2D eigenvalue weighted by Crippen LogP contribution is 2.22. The minimum absolute atomic E-state index is 1.10. The Morgan fingerprint density at radius 1 is 0.944 bits per heavy atom. The first-order valence-electron chi connectivity index (χ1n) is 6.60. The van der Waals surface area contributed by atoms with Crippen LogP contribution in [-0.4, -0.2) is 0 Å². The first-order chi connectivity index (χ1) is 8.54. The molecule has 0 bridgehead atoms. The van der Waals surface area contributed by atoms with Crippen molar-refractivity contribution in [3.05, 3.63) is 52.7 Å². The van der Waals surface area contributed by atoms with E-state index in [2.05, 4.69) is 69.6 Å². The van der Waals surface area contributed by atoms with E-state index in [0.29, 0.717) is 0 Å². The second-order valence-electron chi connectivity index (χ2n) is 5.05. The minimum Gasteiger partial charge on any atom is -0.198 e. The molecule has 0 saturated carbocycles. The summed E-state index contributed by atoms with van der Waals surface area (Å²) >= 11 is 0. The van der Waals surface area contributed by atoms with Gasteiger partial charge in [-0.25, -0.2) is 0 Å². The van der Waals surface area contributed by atoms with E-state index in [4.69, 9.17) is 0 Å². The summed E-state index contributed by atoms with van der Waals surface area (Å²) in [6.07, 6.45) is 1.10. The van der Waals surface area contributed by atoms with Gasteiger partial charge in [0, 0.05) is 24.1 Å². The molecule has 0 atom stereocenters. The van der Waals surface area contributed by atoms with E-state index in [1.807, 2.05) is 0 Å². The van der Waals surface area contributed by atoms with Gasteiger partial charge in [-0.1, -0.05) is 19.1 Å². The number of pyridine rings is 1. The molecular weight excluding hydrogens is 218 g/mol. The van der Waals surface area contributed by atoms with Crippen LogP contribution >= 0.6 is 0 Å². The third-order valence-corrected chi connectivity index (χ3v) is 3.90. The van der Waals surface area contributed by atoms with Crippen molar-refractivity contribution in [2.45, 2.75) is 34.1 Å². The maximum atomic E-state index is 2.30. The first kappa shape index (κ1) is 12.8. The summed E-state index contributed by atoms with van der Waals surface area (Å²) in [6, 6.07) is 11.2. The molecule has 0 unspecified atom stereocenters. The van der Waals surface area contributed by atoms with Gasteiger partial charge < -0.3 is 0 Å². The molecule has 0 N–H and O–H groups in total. The number of benzene rings is 1. The smallest absolute Gasteiger partial charge is 0.198 e. The number of aromatic nitrogens is 1. The highest BCUT2D eigenvalue weighted by Gasteiger charge is 2.15. The highest BCUT2D eigenvalue weighted by atomic mass is 14.9. The lowest BCUT2D eigenvalue weighted by Gasteiger charge is -2.08. The lowest BCUT2D eigenvalue weighted by atomic mass is 10.00. The highest BCUT2D eigenvalue weighted by molar-refractivity contribution is 5.61. The number of hydrogen-bond donors (Lipinski definition) is 0. The molecule has 1 aromatic heterocycles. The second kappa shape index (κ2) is 4.93. The Kier molecular flexibility index (Phi) is 3.51. The molecule has 0 saturated heterocycles. The molecule has 2 rings (SSSR count). The van der Waals surface area contributed by atoms with Gasteiger partial charge in [-0.05, 0) is 43.5 Å². The molecule has 0 aliphatic heterocycles. The molecular formula is C17H22N+. The minimum atomic E-state index is 1.10. The first-order valence-corrected chi connectivity index (χ1v) is 6.60. The number of rotatable bonds is 2. The van der Waals surface area contributed by atoms with E-state index in [0.717, 1.165) is 6.42 Å². The van der Waals surface area contributed by atoms with E-state index in [1.54, 1.807) is 0 Å². The van der Waals surface area contributed by atoms with Crippen LogP contribution in [0.25, 0.3) is 11.3 Å². The fraction of sp³-hybridized carbons (Fsp3) is 0.353. The Hall–Kier alpha value is -1.63. The van der Waals surface area contributed by atoms with Gasteiger partial charge in [-0.3, -0.25) is 0 Å². The van der Waals surface area contributed by atoms with Crippen LogP contribution in [0.2, 0.25) is 0 Å². The van der Waals surface area contributed by atoms with Gasteiger partial charge >= 0.3 is 0 Å². The van der Waals surface area contributed by atoms with E-state index in [9.17, 15) is 0 Å². The predicted octanol–water partition coefficient (Wildman–Crippen LogP) is 3.67. The van der Waals surface area contributed by atoms with Crippen LogP contribution in [0, 0.1) is 20.8 Å². The van der Waals surface area contributed by atoms with Gasteiger partial charge in [0.25, 0.3) is 0 Å². The zero-order valence-electron chi connectivity index (χ0n) is 12.0. The van der Waals surface area contributed by atoms with E-state index >= 15 is 0 Å². The van der Waals surface area contributed by atoms with Crippen molar-refractivity contribution in [3.63, 3.8) is 0 Å². The number of hydrogen-bond acceptors (Lipinski definition) is 0. The molecule has 0 amide bonds. The van der Waals surface area contributed by atoms with Crippen molar-refractivity contribution in [1.29, 1.82) is 0 Å². The average Bonchev–Trinajstić information content (AvgIpc) is 2.37. The summed E-state index contributed by atoms with van der Waals surface area (Å²) < 4.78 is 2.28. The molecule has 1 nitrogen and oxygen atoms in total. The Morgan fingerprint density at radius 3 is 2.28 bits per heavy atom. The maximum absolute atomic E-state index is 2.30. The van der Waals surface area contributed by atoms with Gasteiger partial charge in [0.1, 0.15) is 7.05 Å². The summed E-state index contributed by atoms with van der Waals surface area (Å²) in [5, 5.41) is 0. The third-order valence-electron chi connectivity index (χ3n) is 3.90. The SMILES string of the molecule is CCc1ccc(-c2ccc(C)c(C)[n+]2C)c(C)c1. The fourth-order valence-corrected chi connectivity index (χ4v) is 2.39. The number of aryl methyl sites for hydroxylation is 3. The average molecular weight is 240 g/mol. The Morgan fingerprint density at radius 2 is 1.67 bits per heavy atom. The summed E-state index contributed by atoms with van der Waals surface area (Å²) in [6.45, 7) is 8.73. The van der Waals surface area contributed by atoms with Gasteiger partial charge in [0.2, 0.25) is 5.69 Å². The molecule has 0 spiro atoms. The van der Waals surface area contributed by atoms with Crippen LogP contribution in [0.15, 0.2) is 30.3 Å². The zero-order chi connectivity index (χ0) is 13.3. The molecule has 18 heavy (non-hydrogen) atoms. The Bertz CT molecular complexity index is 582. The standard InChI is InChI=1S/C17H22N/c1-6-15-8-9-16(13(3)11-15)17-10-7-12(2)14(4)18(17)5/h7-11H,6H2,1-5H3/q+1. The van der Waals surface area contributed by atoms with E-state index < -0.39 is 0 Å². The quantitative estimate of drug-likeness (QED) is 0.705. The predicted molar refractivity (Wildman–Crippen MR) is 76.6 cm³/mol. The van der Waals surface area contributed by atoms with Gasteiger partial charge in [0.05, 0.1) is 0 Å². The van der Waals surface area contributed by atoms with Crippen LogP contribution in [-0.2, 0) is 13.5 Å². The van der Waals surface area contributed by atoms with Crippen LogP contribution in [0.3, 0.4) is 0 Å². The summed E-state index contributed by atoms with van der Waals surface area (Å²) in [4.78, 5) is 0.